The van der Waals surface area contributed by atoms with E-state index in [1.165, 1.54) is 0 Å². The highest BCUT2D eigenvalue weighted by Crippen LogP contribution is 2.22. The zero-order valence-electron chi connectivity index (χ0n) is 18.9. The Morgan fingerprint density at radius 2 is 1.27 bits per heavy atom. The van der Waals surface area contributed by atoms with Crippen molar-refractivity contribution in [2.75, 3.05) is 0 Å². The first-order valence-corrected chi connectivity index (χ1v) is 10.6. The maximum absolute atomic E-state index is 12.0. The lowest BCUT2D eigenvalue weighted by Crippen LogP contribution is -2.24. The van der Waals surface area contributed by atoms with E-state index in [4.69, 9.17) is 4.74 Å². The summed E-state index contributed by atoms with van der Waals surface area (Å²) in [5.74, 6) is -0.599. The van der Waals surface area contributed by atoms with E-state index in [0.717, 1.165) is 39.0 Å². The molecule has 0 unspecified atom stereocenters. The van der Waals surface area contributed by atoms with Crippen LogP contribution in [-0.4, -0.2) is 17.9 Å². The Morgan fingerprint density at radius 3 is 1.79 bits per heavy atom. The monoisotopic (exact) mass is 435 g/mol. The molecule has 0 radical (unpaired) electrons. The van der Waals surface area contributed by atoms with Crippen LogP contribution in [0.5, 0.6) is 0 Å². The van der Waals surface area contributed by atoms with Crippen LogP contribution < -0.4 is 0 Å². The molecule has 4 aromatic carbocycles. The predicted molar refractivity (Wildman–Crippen MR) is 133 cm³/mol. The second-order valence-electron chi connectivity index (χ2n) is 8.43. The number of aldehydes is 1. The van der Waals surface area contributed by atoms with Crippen molar-refractivity contribution in [1.29, 1.82) is 5.26 Å². The Kier molecular flexibility index (Phi) is 7.38. The second kappa shape index (κ2) is 10.4. The topological polar surface area (TPSA) is 67.2 Å². The fourth-order valence-electron chi connectivity index (χ4n) is 3.35. The molecular weight excluding hydrogens is 410 g/mol. The van der Waals surface area contributed by atoms with Crippen LogP contribution in [0.25, 0.3) is 27.6 Å². The van der Waals surface area contributed by atoms with Gasteiger partial charge in [0, 0.05) is 5.56 Å². The van der Waals surface area contributed by atoms with Crippen LogP contribution in [0, 0.1) is 11.3 Å². The van der Waals surface area contributed by atoms with Gasteiger partial charge in [-0.1, -0.05) is 84.9 Å². The van der Waals surface area contributed by atoms with Gasteiger partial charge < -0.3 is 4.74 Å². The molecule has 0 spiro atoms. The summed E-state index contributed by atoms with van der Waals surface area (Å²) in [6, 6.07) is 29.1. The minimum Gasteiger partial charge on any atom is -0.456 e. The molecule has 4 rings (SSSR count). The van der Waals surface area contributed by atoms with Gasteiger partial charge >= 0.3 is 5.97 Å². The van der Waals surface area contributed by atoms with E-state index < -0.39 is 11.6 Å². The fourth-order valence-corrected chi connectivity index (χ4v) is 3.35. The van der Waals surface area contributed by atoms with Crippen LogP contribution in [0.2, 0.25) is 0 Å². The lowest BCUT2D eigenvalue weighted by atomic mass is 10.0. The molecule has 0 amide bonds. The molecule has 33 heavy (non-hydrogen) atoms. The summed E-state index contributed by atoms with van der Waals surface area (Å²) in [5, 5.41) is 13.4. The molecule has 0 saturated carbocycles. The van der Waals surface area contributed by atoms with E-state index in [1.54, 1.807) is 26.8 Å². The van der Waals surface area contributed by atoms with Crippen molar-refractivity contribution in [3.8, 4) is 6.07 Å². The summed E-state index contributed by atoms with van der Waals surface area (Å²) in [4.78, 5) is 22.6. The van der Waals surface area contributed by atoms with Crippen LogP contribution >= 0.6 is 0 Å². The van der Waals surface area contributed by atoms with Gasteiger partial charge in [-0.05, 0) is 54.0 Å². The Morgan fingerprint density at radius 1 is 0.788 bits per heavy atom. The van der Waals surface area contributed by atoms with Gasteiger partial charge in [0.15, 0.2) is 6.29 Å². The van der Waals surface area contributed by atoms with Crippen LogP contribution in [-0.2, 0) is 9.53 Å². The molecule has 0 saturated heterocycles. The Labute approximate surface area is 193 Å². The van der Waals surface area contributed by atoms with Crippen LogP contribution in [0.1, 0.15) is 36.7 Å². The highest BCUT2D eigenvalue weighted by molar-refractivity contribution is 6.01. The number of carbonyl (C=O) groups excluding carboxylic acids is 2. The molecule has 0 N–H and O–H groups in total. The lowest BCUT2D eigenvalue weighted by Gasteiger charge is -2.19. The summed E-state index contributed by atoms with van der Waals surface area (Å²) in [5.41, 5.74) is 0.969. The van der Waals surface area contributed by atoms with Crippen molar-refractivity contribution in [2.24, 2.45) is 0 Å². The highest BCUT2D eigenvalue weighted by Gasteiger charge is 2.20. The third-order valence-corrected chi connectivity index (χ3v) is 4.81. The number of esters is 1. The van der Waals surface area contributed by atoms with E-state index in [-0.39, 0.29) is 5.57 Å². The Bertz CT molecular complexity index is 1360. The molecule has 0 aliphatic heterocycles. The van der Waals surface area contributed by atoms with Gasteiger partial charge in [0.2, 0.25) is 0 Å². The van der Waals surface area contributed by atoms with Gasteiger partial charge in [0.25, 0.3) is 0 Å². The summed E-state index contributed by atoms with van der Waals surface area (Å²) in [6.07, 6.45) is 2.47. The fraction of sp³-hybridized carbons (Fsp3) is 0.138. The van der Waals surface area contributed by atoms with E-state index in [1.807, 2.05) is 91.0 Å². The summed E-state index contributed by atoms with van der Waals surface area (Å²) in [6.45, 7) is 5.33. The Balaban J connectivity index is 0.000000215. The normalized spacial score (nSPS) is 11.3. The maximum Gasteiger partial charge on any atom is 0.349 e. The molecule has 0 aliphatic rings. The summed E-state index contributed by atoms with van der Waals surface area (Å²) >= 11 is 0. The number of fused-ring (bicyclic) bond motifs is 2. The van der Waals surface area contributed by atoms with Crippen LogP contribution in [0.3, 0.4) is 0 Å². The molecule has 4 aromatic rings. The highest BCUT2D eigenvalue weighted by atomic mass is 16.6. The molecule has 4 nitrogen and oxygen atoms in total. The van der Waals surface area contributed by atoms with Crippen molar-refractivity contribution in [2.45, 2.75) is 26.4 Å². The molecular formula is C29H25NO3. The number of rotatable bonds is 3. The SMILES string of the molecule is CC(C)(C)OC(=O)C(C#N)=Cc1cccc2ccccc12.O=Cc1cccc2ccccc12. The average molecular weight is 436 g/mol. The number of benzene rings is 4. The first-order chi connectivity index (χ1) is 15.8. The van der Waals surface area contributed by atoms with Crippen molar-refractivity contribution >= 4 is 39.9 Å². The number of ether oxygens (including phenoxy) is 1. The first kappa shape index (κ1) is 23.4. The first-order valence-electron chi connectivity index (χ1n) is 10.6. The number of carbonyl (C=O) groups is 2. The number of nitriles is 1. The number of hydrogen-bond donors (Lipinski definition) is 0. The molecule has 0 heterocycles. The van der Waals surface area contributed by atoms with E-state index >= 15 is 0 Å². The van der Waals surface area contributed by atoms with E-state index in [0.29, 0.717) is 0 Å². The predicted octanol–water partition coefficient (Wildman–Crippen LogP) is 6.74. The third kappa shape index (κ3) is 6.15. The van der Waals surface area contributed by atoms with Crippen LogP contribution in [0.4, 0.5) is 0 Å². The largest absolute Gasteiger partial charge is 0.456 e. The zero-order chi connectivity index (χ0) is 23.8. The average Bonchev–Trinajstić information content (AvgIpc) is 2.81. The quantitative estimate of drug-likeness (QED) is 0.155. The van der Waals surface area contributed by atoms with Gasteiger partial charge in [-0.2, -0.15) is 5.26 Å². The van der Waals surface area contributed by atoms with Crippen molar-refractivity contribution < 1.29 is 14.3 Å². The van der Waals surface area contributed by atoms with Crippen molar-refractivity contribution in [3.05, 3.63) is 102 Å². The van der Waals surface area contributed by atoms with E-state index in [9.17, 15) is 14.9 Å². The number of hydrogen-bond acceptors (Lipinski definition) is 4. The molecule has 0 aliphatic carbocycles. The minimum atomic E-state index is -0.619. The van der Waals surface area contributed by atoms with Gasteiger partial charge in [-0.3, -0.25) is 4.79 Å². The zero-order valence-corrected chi connectivity index (χ0v) is 18.9. The third-order valence-electron chi connectivity index (χ3n) is 4.81. The smallest absolute Gasteiger partial charge is 0.349 e. The molecule has 0 fully saturated rings. The molecule has 0 atom stereocenters. The summed E-state index contributed by atoms with van der Waals surface area (Å²) in [7, 11) is 0. The van der Waals surface area contributed by atoms with Gasteiger partial charge in [-0.25, -0.2) is 4.79 Å². The Hall–Kier alpha value is -4.23. The summed E-state index contributed by atoms with van der Waals surface area (Å²) < 4.78 is 5.25. The molecule has 0 bridgehead atoms. The molecule has 4 heteroatoms. The molecule has 0 aromatic heterocycles. The van der Waals surface area contributed by atoms with Crippen LogP contribution in [0.15, 0.2) is 90.5 Å². The van der Waals surface area contributed by atoms with Crippen molar-refractivity contribution in [1.82, 2.24) is 0 Å². The van der Waals surface area contributed by atoms with Gasteiger partial charge in [-0.15, -0.1) is 0 Å². The van der Waals surface area contributed by atoms with Gasteiger partial charge in [0.1, 0.15) is 17.2 Å². The standard InChI is InChI=1S/C18H17NO2.C11H8O/c1-18(2,3)21-17(20)15(12-19)11-14-9-6-8-13-7-4-5-10-16(13)14;12-8-10-6-3-5-9-4-1-2-7-11(9)10/h4-11H,1-3H3;1-8H. The van der Waals surface area contributed by atoms with E-state index in [2.05, 4.69) is 0 Å². The number of nitrogens with zero attached hydrogens (tertiary/aromatic N) is 1. The lowest BCUT2D eigenvalue weighted by molar-refractivity contribution is -0.149. The minimum absolute atomic E-state index is 0.00118. The van der Waals surface area contributed by atoms with Crippen molar-refractivity contribution in [3.63, 3.8) is 0 Å². The maximum atomic E-state index is 12.0. The molecule has 164 valence electrons. The van der Waals surface area contributed by atoms with Gasteiger partial charge in [0.05, 0.1) is 0 Å². The second-order valence-corrected chi connectivity index (χ2v) is 8.43.